The van der Waals surface area contributed by atoms with Crippen molar-refractivity contribution >= 4 is 0 Å². The van der Waals surface area contributed by atoms with E-state index in [9.17, 15) is 18.3 Å². The molecule has 0 aliphatic heterocycles. The summed E-state index contributed by atoms with van der Waals surface area (Å²) in [6, 6.07) is 0.901. The smallest absolute Gasteiger partial charge is 0.388 e. The van der Waals surface area contributed by atoms with E-state index in [1.807, 2.05) is 6.92 Å². The molecule has 96 valence electrons. The normalized spacial score (nSPS) is 13.7. The molecule has 0 bridgehead atoms. The van der Waals surface area contributed by atoms with Crippen LogP contribution in [0.3, 0.4) is 0 Å². The average Bonchev–Trinajstić information content (AvgIpc) is 2.28. The van der Waals surface area contributed by atoms with E-state index in [2.05, 4.69) is 4.98 Å². The molecule has 2 nitrogen and oxygen atoms in total. The molecule has 0 amide bonds. The molecule has 0 saturated heterocycles. The molecule has 1 unspecified atom stereocenters. The summed E-state index contributed by atoms with van der Waals surface area (Å²) in [5.41, 5.74) is -0.924. The Bertz CT molecular complexity index is 352. The second-order valence-electron chi connectivity index (χ2n) is 3.97. The minimum atomic E-state index is -4.44. The van der Waals surface area contributed by atoms with E-state index in [0.717, 1.165) is 31.3 Å². The third-order valence-electron chi connectivity index (χ3n) is 2.60. The van der Waals surface area contributed by atoms with E-state index < -0.39 is 17.8 Å². The number of aliphatic hydroxyl groups excluding tert-OH is 1. The van der Waals surface area contributed by atoms with Crippen molar-refractivity contribution in [2.75, 3.05) is 0 Å². The molecule has 0 fully saturated rings. The highest BCUT2D eigenvalue weighted by Gasteiger charge is 2.34. The number of halogens is 3. The summed E-state index contributed by atoms with van der Waals surface area (Å²) in [5, 5.41) is 9.75. The van der Waals surface area contributed by atoms with Crippen LogP contribution in [-0.2, 0) is 6.18 Å². The number of unbranched alkanes of at least 4 members (excludes halogenated alkanes) is 2. The molecule has 5 heteroatoms. The Hall–Kier alpha value is -1.10. The first kappa shape index (κ1) is 14.0. The van der Waals surface area contributed by atoms with Crippen LogP contribution in [0.1, 0.15) is 49.8 Å². The molecule has 0 aromatic carbocycles. The summed E-state index contributed by atoms with van der Waals surface area (Å²) in [6.45, 7) is 2.00. The topological polar surface area (TPSA) is 33.1 Å². The lowest BCUT2D eigenvalue weighted by Crippen LogP contribution is -2.12. The molecule has 1 atom stereocenters. The maximum Gasteiger partial charge on any atom is 0.416 e. The predicted molar refractivity (Wildman–Crippen MR) is 58.3 cm³/mol. The fourth-order valence-electron chi connectivity index (χ4n) is 1.67. The summed E-state index contributed by atoms with van der Waals surface area (Å²) >= 11 is 0. The van der Waals surface area contributed by atoms with E-state index in [1.165, 1.54) is 0 Å². The number of hydrogen-bond donors (Lipinski definition) is 1. The number of nitrogens with zero attached hydrogens (tertiary/aromatic N) is 1. The predicted octanol–water partition coefficient (Wildman–Crippen LogP) is 3.71. The van der Waals surface area contributed by atoms with Crippen molar-refractivity contribution in [3.05, 3.63) is 29.6 Å². The van der Waals surface area contributed by atoms with Crippen LogP contribution < -0.4 is 0 Å². The highest BCUT2D eigenvalue weighted by molar-refractivity contribution is 5.28. The summed E-state index contributed by atoms with van der Waals surface area (Å²) in [4.78, 5) is 3.65. The number of rotatable bonds is 5. The second kappa shape index (κ2) is 6.00. The maximum absolute atomic E-state index is 12.7. The fourth-order valence-corrected chi connectivity index (χ4v) is 1.67. The molecule has 0 radical (unpaired) electrons. The molecular formula is C12H16F3NO. The van der Waals surface area contributed by atoms with Crippen LogP contribution in [0.5, 0.6) is 0 Å². The zero-order chi connectivity index (χ0) is 12.9. The van der Waals surface area contributed by atoms with E-state index in [0.29, 0.717) is 12.8 Å². The zero-order valence-electron chi connectivity index (χ0n) is 9.67. The van der Waals surface area contributed by atoms with Gasteiger partial charge in [-0.2, -0.15) is 13.2 Å². The number of hydrogen-bond acceptors (Lipinski definition) is 2. The highest BCUT2D eigenvalue weighted by Crippen LogP contribution is 2.35. The van der Waals surface area contributed by atoms with E-state index in [1.54, 1.807) is 0 Å². The Morgan fingerprint density at radius 3 is 2.65 bits per heavy atom. The van der Waals surface area contributed by atoms with Crippen molar-refractivity contribution in [2.24, 2.45) is 0 Å². The molecule has 1 aromatic heterocycles. The van der Waals surface area contributed by atoms with Gasteiger partial charge in [0.05, 0.1) is 11.7 Å². The Balaban J connectivity index is 2.82. The Labute approximate surface area is 98.5 Å². The van der Waals surface area contributed by atoms with Crippen LogP contribution >= 0.6 is 0 Å². The van der Waals surface area contributed by atoms with Gasteiger partial charge in [0.1, 0.15) is 0 Å². The van der Waals surface area contributed by atoms with Gasteiger partial charge in [0.25, 0.3) is 0 Å². The monoisotopic (exact) mass is 247 g/mol. The molecular weight excluding hydrogens is 231 g/mol. The van der Waals surface area contributed by atoms with E-state index in [4.69, 9.17) is 0 Å². The van der Waals surface area contributed by atoms with Crippen molar-refractivity contribution in [3.63, 3.8) is 0 Å². The van der Waals surface area contributed by atoms with Gasteiger partial charge >= 0.3 is 6.18 Å². The Morgan fingerprint density at radius 2 is 2.06 bits per heavy atom. The largest absolute Gasteiger partial charge is 0.416 e. The minimum absolute atomic E-state index is 0.129. The molecule has 0 aliphatic rings. The van der Waals surface area contributed by atoms with E-state index >= 15 is 0 Å². The van der Waals surface area contributed by atoms with Gasteiger partial charge in [-0.3, -0.25) is 4.98 Å². The summed E-state index contributed by atoms with van der Waals surface area (Å²) in [6.07, 6.45) is -0.433. The highest BCUT2D eigenvalue weighted by atomic mass is 19.4. The quantitative estimate of drug-likeness (QED) is 0.804. The first-order valence-corrected chi connectivity index (χ1v) is 5.66. The number of aromatic nitrogens is 1. The molecule has 0 aliphatic carbocycles. The first-order chi connectivity index (χ1) is 7.96. The summed E-state index contributed by atoms with van der Waals surface area (Å²) < 4.78 is 38.0. The van der Waals surface area contributed by atoms with Gasteiger partial charge in [0, 0.05) is 18.0 Å². The molecule has 0 saturated carbocycles. The van der Waals surface area contributed by atoms with Crippen molar-refractivity contribution < 1.29 is 18.3 Å². The molecule has 0 spiro atoms. The van der Waals surface area contributed by atoms with Crippen LogP contribution in [0, 0.1) is 0 Å². The molecule has 1 rings (SSSR count). The average molecular weight is 247 g/mol. The standard InChI is InChI=1S/C12H16F3NO/c1-2-3-4-5-11(17)9-8-16-7-6-10(9)12(13,14)15/h6-8,11,17H,2-5H2,1H3. The lowest BCUT2D eigenvalue weighted by atomic mass is 10.00. The molecule has 17 heavy (non-hydrogen) atoms. The lowest BCUT2D eigenvalue weighted by molar-refractivity contribution is -0.139. The van der Waals surface area contributed by atoms with Crippen LogP contribution in [0.2, 0.25) is 0 Å². The number of aliphatic hydroxyl groups is 1. The fraction of sp³-hybridized carbons (Fsp3) is 0.583. The van der Waals surface area contributed by atoms with Crippen LogP contribution in [0.15, 0.2) is 18.5 Å². The second-order valence-corrected chi connectivity index (χ2v) is 3.97. The van der Waals surface area contributed by atoms with Gasteiger partial charge < -0.3 is 5.11 Å². The van der Waals surface area contributed by atoms with Crippen molar-refractivity contribution in [3.8, 4) is 0 Å². The van der Waals surface area contributed by atoms with Crippen molar-refractivity contribution in [2.45, 2.75) is 44.9 Å². The summed E-state index contributed by atoms with van der Waals surface area (Å²) in [7, 11) is 0. The zero-order valence-corrected chi connectivity index (χ0v) is 9.67. The maximum atomic E-state index is 12.7. The minimum Gasteiger partial charge on any atom is -0.388 e. The van der Waals surface area contributed by atoms with E-state index in [-0.39, 0.29) is 5.56 Å². The SMILES string of the molecule is CCCCCC(O)c1cnccc1C(F)(F)F. The van der Waals surface area contributed by atoms with Gasteiger partial charge in [0.15, 0.2) is 0 Å². The van der Waals surface area contributed by atoms with Gasteiger partial charge in [-0.25, -0.2) is 0 Å². The molecule has 1 aromatic rings. The van der Waals surface area contributed by atoms with Gasteiger partial charge in [-0.05, 0) is 12.5 Å². The molecule has 1 heterocycles. The van der Waals surface area contributed by atoms with Gasteiger partial charge in [-0.1, -0.05) is 26.2 Å². The Kier molecular flexibility index (Phi) is 4.93. The molecule has 1 N–H and O–H groups in total. The van der Waals surface area contributed by atoms with Crippen LogP contribution in [0.25, 0.3) is 0 Å². The first-order valence-electron chi connectivity index (χ1n) is 5.66. The summed E-state index contributed by atoms with van der Waals surface area (Å²) in [5.74, 6) is 0. The number of pyridine rings is 1. The van der Waals surface area contributed by atoms with Crippen molar-refractivity contribution in [1.29, 1.82) is 0 Å². The lowest BCUT2D eigenvalue weighted by Gasteiger charge is -2.16. The van der Waals surface area contributed by atoms with Crippen molar-refractivity contribution in [1.82, 2.24) is 4.98 Å². The van der Waals surface area contributed by atoms with Gasteiger partial charge in [-0.15, -0.1) is 0 Å². The number of alkyl halides is 3. The third-order valence-corrected chi connectivity index (χ3v) is 2.60. The third kappa shape index (κ3) is 4.00. The van der Waals surface area contributed by atoms with Gasteiger partial charge in [0.2, 0.25) is 0 Å². The van der Waals surface area contributed by atoms with Crippen LogP contribution in [0.4, 0.5) is 13.2 Å². The Morgan fingerprint density at radius 1 is 1.35 bits per heavy atom. The van der Waals surface area contributed by atoms with Crippen LogP contribution in [-0.4, -0.2) is 10.1 Å².